The highest BCUT2D eigenvalue weighted by atomic mass is 16.3. The molecule has 1 aliphatic rings. The summed E-state index contributed by atoms with van der Waals surface area (Å²) in [6, 6.07) is 0.532. The van der Waals surface area contributed by atoms with Crippen LogP contribution >= 0.6 is 0 Å². The van der Waals surface area contributed by atoms with E-state index in [1.54, 1.807) is 0 Å². The molecule has 3 nitrogen and oxygen atoms in total. The van der Waals surface area contributed by atoms with Gasteiger partial charge in [0, 0.05) is 31.7 Å². The summed E-state index contributed by atoms with van der Waals surface area (Å²) in [4.78, 5) is 4.47. The van der Waals surface area contributed by atoms with Gasteiger partial charge in [0.05, 0.1) is 0 Å². The number of aliphatic hydroxyl groups is 1. The van der Waals surface area contributed by atoms with Crippen LogP contribution in [0.1, 0.15) is 0 Å². The standard InChI is InChI=1S/C8H18N2O/c1-9(2)8-5-10(3)4-7(8)6-11/h7-8,11H,4-6H2,1-3H3. The largest absolute Gasteiger partial charge is 0.396 e. The van der Waals surface area contributed by atoms with Crippen molar-refractivity contribution in [3.8, 4) is 0 Å². The molecule has 0 aliphatic carbocycles. The van der Waals surface area contributed by atoms with Crippen LogP contribution in [0.15, 0.2) is 0 Å². The van der Waals surface area contributed by atoms with Crippen LogP contribution in [0.25, 0.3) is 0 Å². The van der Waals surface area contributed by atoms with Crippen molar-refractivity contribution in [1.29, 1.82) is 0 Å². The molecule has 0 bridgehead atoms. The highest BCUT2D eigenvalue weighted by molar-refractivity contribution is 4.86. The van der Waals surface area contributed by atoms with Crippen molar-refractivity contribution in [3.63, 3.8) is 0 Å². The lowest BCUT2D eigenvalue weighted by molar-refractivity contribution is 0.168. The zero-order chi connectivity index (χ0) is 8.43. The molecule has 0 spiro atoms. The van der Waals surface area contributed by atoms with Gasteiger partial charge in [-0.15, -0.1) is 0 Å². The minimum absolute atomic E-state index is 0.313. The molecular formula is C8H18N2O. The smallest absolute Gasteiger partial charge is 0.0487 e. The maximum absolute atomic E-state index is 9.05. The van der Waals surface area contributed by atoms with Crippen molar-refractivity contribution >= 4 is 0 Å². The number of rotatable bonds is 2. The van der Waals surface area contributed by atoms with Crippen molar-refractivity contribution in [2.75, 3.05) is 40.8 Å². The Morgan fingerprint density at radius 3 is 2.45 bits per heavy atom. The normalized spacial score (nSPS) is 33.5. The third-order valence-corrected chi connectivity index (χ3v) is 2.49. The zero-order valence-electron chi connectivity index (χ0n) is 7.62. The summed E-state index contributed by atoms with van der Waals surface area (Å²) in [7, 11) is 6.26. The Morgan fingerprint density at radius 2 is 2.09 bits per heavy atom. The molecular weight excluding hydrogens is 140 g/mol. The van der Waals surface area contributed by atoms with E-state index in [0.717, 1.165) is 13.1 Å². The fraction of sp³-hybridized carbons (Fsp3) is 1.00. The number of hydrogen-bond donors (Lipinski definition) is 1. The van der Waals surface area contributed by atoms with Crippen LogP contribution in [0.4, 0.5) is 0 Å². The molecule has 2 unspecified atom stereocenters. The second-order valence-corrected chi connectivity index (χ2v) is 3.69. The van der Waals surface area contributed by atoms with Crippen molar-refractivity contribution in [2.24, 2.45) is 5.92 Å². The van der Waals surface area contributed by atoms with Gasteiger partial charge >= 0.3 is 0 Å². The molecule has 1 rings (SSSR count). The summed E-state index contributed by atoms with van der Waals surface area (Å²) in [6.07, 6.45) is 0. The fourth-order valence-corrected chi connectivity index (χ4v) is 1.83. The Morgan fingerprint density at radius 1 is 1.45 bits per heavy atom. The quantitative estimate of drug-likeness (QED) is 0.585. The van der Waals surface area contributed by atoms with Gasteiger partial charge in [-0.3, -0.25) is 0 Å². The Balaban J connectivity index is 2.50. The van der Waals surface area contributed by atoms with Crippen LogP contribution in [-0.4, -0.2) is 61.8 Å². The van der Waals surface area contributed by atoms with E-state index in [9.17, 15) is 0 Å². The molecule has 1 heterocycles. The molecule has 0 saturated carbocycles. The lowest BCUT2D eigenvalue weighted by atomic mass is 10.0. The van der Waals surface area contributed by atoms with Gasteiger partial charge in [0.25, 0.3) is 0 Å². The molecule has 0 amide bonds. The van der Waals surface area contributed by atoms with Crippen LogP contribution < -0.4 is 0 Å². The van der Waals surface area contributed by atoms with Crippen molar-refractivity contribution < 1.29 is 5.11 Å². The highest BCUT2D eigenvalue weighted by Crippen LogP contribution is 2.17. The zero-order valence-corrected chi connectivity index (χ0v) is 7.62. The SMILES string of the molecule is CN1CC(CO)C(N(C)C)C1. The average Bonchev–Trinajstić information content (AvgIpc) is 2.30. The first-order chi connectivity index (χ1) is 5.15. The Hall–Kier alpha value is -0.120. The van der Waals surface area contributed by atoms with Crippen LogP contribution in [0.2, 0.25) is 0 Å². The monoisotopic (exact) mass is 158 g/mol. The molecule has 1 saturated heterocycles. The summed E-state index contributed by atoms with van der Waals surface area (Å²) in [5.41, 5.74) is 0. The van der Waals surface area contributed by atoms with Gasteiger partial charge < -0.3 is 14.9 Å². The number of likely N-dealkylation sites (N-methyl/N-ethyl adjacent to an activating group) is 2. The first-order valence-corrected chi connectivity index (χ1v) is 4.11. The summed E-state index contributed by atoms with van der Waals surface area (Å²) in [6.45, 7) is 2.42. The predicted molar refractivity (Wildman–Crippen MR) is 45.5 cm³/mol. The van der Waals surface area contributed by atoms with Crippen LogP contribution in [0.5, 0.6) is 0 Å². The van der Waals surface area contributed by atoms with Gasteiger partial charge in [0.1, 0.15) is 0 Å². The fourth-order valence-electron chi connectivity index (χ4n) is 1.83. The first kappa shape index (κ1) is 8.97. The first-order valence-electron chi connectivity index (χ1n) is 4.11. The Kier molecular flexibility index (Phi) is 2.87. The predicted octanol–water partition coefficient (Wildman–Crippen LogP) is -0.529. The summed E-state index contributed by atoms with van der Waals surface area (Å²) in [5.74, 6) is 0.440. The van der Waals surface area contributed by atoms with Gasteiger partial charge in [-0.1, -0.05) is 0 Å². The number of nitrogens with zero attached hydrogens (tertiary/aromatic N) is 2. The van der Waals surface area contributed by atoms with Gasteiger partial charge in [0.15, 0.2) is 0 Å². The molecule has 3 heteroatoms. The molecule has 1 aliphatic heterocycles. The maximum Gasteiger partial charge on any atom is 0.0487 e. The van der Waals surface area contributed by atoms with Gasteiger partial charge in [-0.2, -0.15) is 0 Å². The number of hydrogen-bond acceptors (Lipinski definition) is 3. The molecule has 2 atom stereocenters. The van der Waals surface area contributed by atoms with Crippen LogP contribution in [-0.2, 0) is 0 Å². The Bertz CT molecular complexity index is 127. The van der Waals surface area contributed by atoms with E-state index in [-0.39, 0.29) is 0 Å². The van der Waals surface area contributed by atoms with Crippen LogP contribution in [0.3, 0.4) is 0 Å². The van der Waals surface area contributed by atoms with E-state index in [0.29, 0.717) is 18.6 Å². The molecule has 0 aromatic carbocycles. The molecule has 0 aromatic rings. The van der Waals surface area contributed by atoms with Crippen molar-refractivity contribution in [1.82, 2.24) is 9.80 Å². The molecule has 11 heavy (non-hydrogen) atoms. The average molecular weight is 158 g/mol. The van der Waals surface area contributed by atoms with E-state index in [1.165, 1.54) is 0 Å². The van der Waals surface area contributed by atoms with Crippen LogP contribution in [0, 0.1) is 5.92 Å². The second-order valence-electron chi connectivity index (χ2n) is 3.69. The molecule has 0 aromatic heterocycles. The highest BCUT2D eigenvalue weighted by Gasteiger charge is 2.31. The topological polar surface area (TPSA) is 26.7 Å². The van der Waals surface area contributed by atoms with Crippen molar-refractivity contribution in [2.45, 2.75) is 6.04 Å². The van der Waals surface area contributed by atoms with E-state index < -0.39 is 0 Å². The number of likely N-dealkylation sites (tertiary alicyclic amines) is 1. The molecule has 66 valence electrons. The lowest BCUT2D eigenvalue weighted by Crippen LogP contribution is -2.36. The molecule has 1 N–H and O–H groups in total. The molecule has 1 fully saturated rings. The minimum Gasteiger partial charge on any atom is -0.396 e. The van der Waals surface area contributed by atoms with Gasteiger partial charge in [0.2, 0.25) is 0 Å². The van der Waals surface area contributed by atoms with Gasteiger partial charge in [-0.25, -0.2) is 0 Å². The second kappa shape index (κ2) is 3.52. The summed E-state index contributed by atoms with van der Waals surface area (Å²) in [5, 5.41) is 9.05. The third kappa shape index (κ3) is 1.92. The van der Waals surface area contributed by atoms with E-state index in [2.05, 4.69) is 30.9 Å². The Labute approximate surface area is 68.6 Å². The van der Waals surface area contributed by atoms with Crippen molar-refractivity contribution in [3.05, 3.63) is 0 Å². The summed E-state index contributed by atoms with van der Waals surface area (Å²) >= 11 is 0. The van der Waals surface area contributed by atoms with E-state index in [4.69, 9.17) is 5.11 Å². The summed E-state index contributed by atoms with van der Waals surface area (Å²) < 4.78 is 0. The number of aliphatic hydroxyl groups excluding tert-OH is 1. The lowest BCUT2D eigenvalue weighted by Gasteiger charge is -2.23. The molecule has 0 radical (unpaired) electrons. The minimum atomic E-state index is 0.313. The van der Waals surface area contributed by atoms with E-state index in [1.807, 2.05) is 0 Å². The maximum atomic E-state index is 9.05. The third-order valence-electron chi connectivity index (χ3n) is 2.49. The van der Waals surface area contributed by atoms with E-state index >= 15 is 0 Å². The van der Waals surface area contributed by atoms with Gasteiger partial charge in [-0.05, 0) is 21.1 Å².